The summed E-state index contributed by atoms with van der Waals surface area (Å²) in [5.74, 6) is 0. The number of rotatable bonds is 3. The van der Waals surface area contributed by atoms with Crippen molar-refractivity contribution >= 4 is 0 Å². The van der Waals surface area contributed by atoms with Crippen LogP contribution in [0, 0.1) is 0 Å². The lowest BCUT2D eigenvalue weighted by molar-refractivity contribution is -0.953. The van der Waals surface area contributed by atoms with Gasteiger partial charge in [-0.1, -0.05) is 0 Å². The first-order valence-electron chi connectivity index (χ1n) is 5.21. The van der Waals surface area contributed by atoms with Gasteiger partial charge < -0.3 is 4.74 Å². The van der Waals surface area contributed by atoms with Crippen LogP contribution < -0.4 is 0 Å². The molecule has 15 heavy (non-hydrogen) atoms. The summed E-state index contributed by atoms with van der Waals surface area (Å²) < 4.78 is 35.4. The van der Waals surface area contributed by atoms with Crippen molar-refractivity contribution in [1.29, 1.82) is 0 Å². The van der Waals surface area contributed by atoms with Crippen LogP contribution in [0.1, 0.15) is 26.7 Å². The highest BCUT2D eigenvalue weighted by molar-refractivity contribution is 4.55. The fourth-order valence-electron chi connectivity index (χ4n) is 2.02. The van der Waals surface area contributed by atoms with E-state index in [-0.39, 0.29) is 0 Å². The van der Waals surface area contributed by atoms with Crippen molar-refractivity contribution in [2.45, 2.75) is 39.4 Å². The first kappa shape index (κ1) is 14.7. The van der Waals surface area contributed by atoms with Crippen molar-refractivity contribution in [2.24, 2.45) is 0 Å². The number of nitrogens with zero attached hydrogens (tertiary/aromatic N) is 1. The van der Waals surface area contributed by atoms with Gasteiger partial charge in [0.25, 0.3) is 0 Å². The fraction of sp³-hybridized carbons (Fsp3) is 1.00. The summed E-state index contributed by atoms with van der Waals surface area (Å²) in [6.07, 6.45) is 2.75. The van der Waals surface area contributed by atoms with E-state index in [0.29, 0.717) is 0 Å². The Morgan fingerprint density at radius 2 is 1.53 bits per heavy atom. The number of methoxy groups -OCH3 is 1. The third-order valence-electron chi connectivity index (χ3n) is 2.94. The molecule has 0 N–H and O–H groups in total. The molecule has 1 aliphatic rings. The molecule has 0 aromatic carbocycles. The lowest BCUT2D eigenvalue weighted by atomic mass is 10.3. The highest BCUT2D eigenvalue weighted by atomic mass is 19.4. The van der Waals surface area contributed by atoms with E-state index in [4.69, 9.17) is 4.74 Å². The molecule has 1 fully saturated rings. The van der Waals surface area contributed by atoms with Crippen molar-refractivity contribution in [3.8, 4) is 0 Å². The van der Waals surface area contributed by atoms with E-state index in [1.165, 1.54) is 30.4 Å². The average Bonchev–Trinajstić information content (AvgIpc) is 2.53. The molecule has 0 aromatic rings. The first-order valence-corrected chi connectivity index (χ1v) is 5.21. The Bertz CT molecular complexity index is 156. The van der Waals surface area contributed by atoms with Crippen molar-refractivity contribution < 1.29 is 22.4 Å². The molecular weight excluding hydrogens is 207 g/mol. The predicted molar refractivity (Wildman–Crippen MR) is 53.4 cm³/mol. The molecule has 2 nitrogen and oxygen atoms in total. The average molecular weight is 228 g/mol. The molecule has 92 valence electrons. The summed E-state index contributed by atoms with van der Waals surface area (Å²) in [7, 11) is 1.81. The van der Waals surface area contributed by atoms with Gasteiger partial charge in [0.1, 0.15) is 0 Å². The van der Waals surface area contributed by atoms with Crippen LogP contribution in [-0.4, -0.2) is 44.1 Å². The van der Waals surface area contributed by atoms with Crippen LogP contribution in [0.25, 0.3) is 0 Å². The third kappa shape index (κ3) is 5.37. The minimum absolute atomic E-state index is 0.720. The maximum Gasteiger partial charge on any atom is 0.379 e. The van der Waals surface area contributed by atoms with Crippen LogP contribution in [0.4, 0.5) is 13.2 Å². The Kier molecular flexibility index (Phi) is 6.92. The quantitative estimate of drug-likeness (QED) is 0.675. The van der Waals surface area contributed by atoms with Gasteiger partial charge in [0, 0.05) is 20.0 Å². The topological polar surface area (TPSA) is 9.23 Å². The number of quaternary nitrogens is 1. The highest BCUT2D eigenvalue weighted by Crippen LogP contribution is 2.22. The minimum atomic E-state index is -3.67. The zero-order valence-electron chi connectivity index (χ0n) is 9.68. The van der Waals surface area contributed by atoms with E-state index in [0.717, 1.165) is 12.8 Å². The summed E-state index contributed by atoms with van der Waals surface area (Å²) in [4.78, 5) is 0. The molecule has 1 saturated heterocycles. The van der Waals surface area contributed by atoms with Crippen LogP contribution >= 0.6 is 0 Å². The lowest BCUT2D eigenvalue weighted by Gasteiger charge is -2.37. The monoisotopic (exact) mass is 228 g/mol. The minimum Gasteiger partial charge on any atom is -0.335 e. The van der Waals surface area contributed by atoms with E-state index in [1.54, 1.807) is 7.11 Å². The molecule has 0 unspecified atom stereocenters. The lowest BCUT2D eigenvalue weighted by Crippen LogP contribution is -2.51. The Morgan fingerprint density at radius 3 is 1.80 bits per heavy atom. The normalized spacial score (nSPS) is 19.2. The van der Waals surface area contributed by atoms with Gasteiger partial charge in [0.05, 0.1) is 19.1 Å². The van der Waals surface area contributed by atoms with Gasteiger partial charge in [-0.05, 0) is 13.8 Å². The molecular formula is C10H21F3NO+. The standard InChI is InChI=1S/C9H20NO.CHF3/c1-9(2)10(8-11-3)6-4-5-7-10;2-1(3)4/h9H,4-8H2,1-3H3;1H/q+1;. The molecule has 5 heteroatoms. The molecule has 0 spiro atoms. The molecule has 0 aromatic heterocycles. The number of halogens is 3. The van der Waals surface area contributed by atoms with Crippen LogP contribution in [-0.2, 0) is 4.74 Å². The number of hydrogen-bond donors (Lipinski definition) is 0. The van der Waals surface area contributed by atoms with Crippen molar-refractivity contribution in [2.75, 3.05) is 26.9 Å². The van der Waals surface area contributed by atoms with Gasteiger partial charge in [-0.25, -0.2) is 0 Å². The number of likely N-dealkylation sites (tertiary alicyclic amines) is 1. The van der Waals surface area contributed by atoms with Crippen LogP contribution in [0.2, 0.25) is 0 Å². The van der Waals surface area contributed by atoms with Gasteiger partial charge in [-0.2, -0.15) is 13.2 Å². The maximum atomic E-state index is 9.67. The van der Waals surface area contributed by atoms with Gasteiger partial charge in [-0.15, -0.1) is 0 Å². The van der Waals surface area contributed by atoms with Crippen molar-refractivity contribution in [3.05, 3.63) is 0 Å². The molecule has 0 atom stereocenters. The van der Waals surface area contributed by atoms with Gasteiger partial charge in [0.15, 0.2) is 6.73 Å². The van der Waals surface area contributed by atoms with Gasteiger partial charge >= 0.3 is 6.68 Å². The second-order valence-electron chi connectivity index (χ2n) is 4.13. The van der Waals surface area contributed by atoms with Crippen LogP contribution in [0.3, 0.4) is 0 Å². The summed E-state index contributed by atoms with van der Waals surface area (Å²) >= 11 is 0. The van der Waals surface area contributed by atoms with E-state index < -0.39 is 6.68 Å². The second-order valence-corrected chi connectivity index (χ2v) is 4.13. The highest BCUT2D eigenvalue weighted by Gasteiger charge is 2.34. The molecule has 0 bridgehead atoms. The SMILES string of the molecule is COC[N+]1(C(C)C)CCCC1.FC(F)F. The first-order chi connectivity index (χ1) is 6.94. The van der Waals surface area contributed by atoms with Crippen LogP contribution in [0.15, 0.2) is 0 Å². The summed E-state index contributed by atoms with van der Waals surface area (Å²) in [5, 5.41) is 0. The fourth-order valence-corrected chi connectivity index (χ4v) is 2.02. The Labute approximate surface area is 89.6 Å². The molecule has 0 aliphatic carbocycles. The second kappa shape index (κ2) is 7.06. The summed E-state index contributed by atoms with van der Waals surface area (Å²) in [5.41, 5.74) is 0. The smallest absolute Gasteiger partial charge is 0.335 e. The third-order valence-corrected chi connectivity index (χ3v) is 2.94. The summed E-state index contributed by atoms with van der Waals surface area (Å²) in [6.45, 7) is 4.45. The van der Waals surface area contributed by atoms with Crippen LogP contribution in [0.5, 0.6) is 0 Å². The van der Waals surface area contributed by atoms with E-state index in [9.17, 15) is 13.2 Å². The zero-order valence-corrected chi connectivity index (χ0v) is 9.68. The zero-order chi connectivity index (χ0) is 11.9. The molecule has 0 saturated carbocycles. The van der Waals surface area contributed by atoms with E-state index in [2.05, 4.69) is 13.8 Å². The van der Waals surface area contributed by atoms with Crippen molar-refractivity contribution in [3.63, 3.8) is 0 Å². The molecule has 1 aliphatic heterocycles. The number of alkyl halides is 3. The van der Waals surface area contributed by atoms with E-state index in [1.807, 2.05) is 0 Å². The largest absolute Gasteiger partial charge is 0.379 e. The Balaban J connectivity index is 0.000000423. The van der Waals surface area contributed by atoms with Gasteiger partial charge in [-0.3, -0.25) is 4.48 Å². The number of ether oxygens (including phenoxy) is 1. The molecule has 1 rings (SSSR count). The van der Waals surface area contributed by atoms with E-state index >= 15 is 0 Å². The molecule has 0 radical (unpaired) electrons. The molecule has 1 heterocycles. The Morgan fingerprint density at radius 1 is 1.13 bits per heavy atom. The Hall–Kier alpha value is -0.290. The maximum absolute atomic E-state index is 9.67. The van der Waals surface area contributed by atoms with Crippen molar-refractivity contribution in [1.82, 2.24) is 0 Å². The van der Waals surface area contributed by atoms with Gasteiger partial charge in [0.2, 0.25) is 0 Å². The molecule has 0 amide bonds. The number of hydrogen-bond acceptors (Lipinski definition) is 1. The summed E-state index contributed by atoms with van der Waals surface area (Å²) in [6, 6.07) is 0.720. The predicted octanol–water partition coefficient (Wildman–Crippen LogP) is 2.79.